The lowest BCUT2D eigenvalue weighted by Crippen LogP contribution is -3.21. The number of piperidine rings is 1. The van der Waals surface area contributed by atoms with Crippen LogP contribution in [0.15, 0.2) is 15.9 Å². The number of quaternary nitrogens is 1. The summed E-state index contributed by atoms with van der Waals surface area (Å²) in [5.41, 5.74) is 0.250. The number of imidazole rings is 1. The van der Waals surface area contributed by atoms with Crippen molar-refractivity contribution in [1.29, 1.82) is 0 Å². The lowest BCUT2D eigenvalue weighted by molar-refractivity contribution is -0.959. The average Bonchev–Trinajstić information content (AvgIpc) is 3.15. The van der Waals surface area contributed by atoms with E-state index in [2.05, 4.69) is 11.9 Å². The molecule has 2 fully saturated rings. The summed E-state index contributed by atoms with van der Waals surface area (Å²) >= 11 is 0. The number of carbonyl (C=O) groups excluding carboxylic acids is 1. The van der Waals surface area contributed by atoms with Crippen LogP contribution in [-0.4, -0.2) is 42.6 Å². The molecule has 27 heavy (non-hydrogen) atoms. The van der Waals surface area contributed by atoms with Crippen LogP contribution < -0.4 is 28.6 Å². The summed E-state index contributed by atoms with van der Waals surface area (Å²) in [6, 6.07) is 1.35. The van der Waals surface area contributed by atoms with Gasteiger partial charge in [-0.2, -0.15) is 0 Å². The molecule has 2 aromatic rings. The molecule has 1 N–H and O–H groups in total. The molecular weight excluding hydrogens is 370 g/mol. The Morgan fingerprint density at radius 1 is 1.15 bits per heavy atom. The first-order valence-corrected chi connectivity index (χ1v) is 9.37. The minimum absolute atomic E-state index is 0. The third-order valence-corrected chi connectivity index (χ3v) is 6.34. The van der Waals surface area contributed by atoms with Gasteiger partial charge in [-0.3, -0.25) is 18.7 Å². The van der Waals surface area contributed by atoms with E-state index in [1.807, 2.05) is 4.57 Å². The van der Waals surface area contributed by atoms with Gasteiger partial charge in [-0.1, -0.05) is 0 Å². The number of ketones is 1. The van der Waals surface area contributed by atoms with Crippen molar-refractivity contribution in [3.8, 4) is 0 Å². The van der Waals surface area contributed by atoms with Crippen LogP contribution in [0.25, 0.3) is 11.2 Å². The summed E-state index contributed by atoms with van der Waals surface area (Å²) < 4.78 is 4.41. The topological polar surface area (TPSA) is 83.3 Å². The molecule has 8 nitrogen and oxygen atoms in total. The number of hydrogen-bond donors (Lipinski definition) is 1. The predicted octanol–water partition coefficient (Wildman–Crippen LogP) is -4.00. The van der Waals surface area contributed by atoms with Crippen molar-refractivity contribution in [3.63, 3.8) is 0 Å². The Morgan fingerprint density at radius 2 is 1.78 bits per heavy atom. The standard InChI is InChI=1S/C18H25N5O3.ClH/c1-11(23-12-4-5-13(23)9-14(24)8-12)6-7-22-10-19-16-15(22)17(25)21(3)18(26)20(16)2;/h10-13H,4-9H2,1-3H3;1H. The molecule has 0 aliphatic carbocycles. The van der Waals surface area contributed by atoms with Gasteiger partial charge in [0.05, 0.1) is 37.3 Å². The molecule has 3 atom stereocenters. The first-order valence-electron chi connectivity index (χ1n) is 9.37. The third kappa shape index (κ3) is 3.14. The van der Waals surface area contributed by atoms with E-state index in [4.69, 9.17) is 0 Å². The second-order valence-corrected chi connectivity index (χ2v) is 7.92. The minimum atomic E-state index is -0.361. The Labute approximate surface area is 163 Å². The Hall–Kier alpha value is -1.93. The molecule has 148 valence electrons. The van der Waals surface area contributed by atoms with Gasteiger partial charge < -0.3 is 21.9 Å². The summed E-state index contributed by atoms with van der Waals surface area (Å²) in [6.07, 6.45) is 6.29. The van der Waals surface area contributed by atoms with E-state index in [0.717, 1.165) is 23.8 Å². The van der Waals surface area contributed by atoms with Gasteiger partial charge in [-0.05, 0) is 6.92 Å². The average molecular weight is 396 g/mol. The molecule has 4 rings (SSSR count). The number of aryl methyl sites for hydroxylation is 2. The van der Waals surface area contributed by atoms with Crippen molar-refractivity contribution in [2.24, 2.45) is 14.1 Å². The Morgan fingerprint density at radius 3 is 2.41 bits per heavy atom. The van der Waals surface area contributed by atoms with E-state index in [0.29, 0.717) is 54.5 Å². The van der Waals surface area contributed by atoms with E-state index in [1.54, 1.807) is 18.3 Å². The quantitative estimate of drug-likeness (QED) is 0.572. The van der Waals surface area contributed by atoms with Crippen molar-refractivity contribution in [2.75, 3.05) is 0 Å². The van der Waals surface area contributed by atoms with Gasteiger partial charge in [0.15, 0.2) is 11.2 Å². The van der Waals surface area contributed by atoms with Crippen molar-refractivity contribution in [2.45, 2.75) is 63.7 Å². The highest BCUT2D eigenvalue weighted by molar-refractivity contribution is 5.80. The van der Waals surface area contributed by atoms with Gasteiger partial charge in [-0.15, -0.1) is 0 Å². The van der Waals surface area contributed by atoms with Crippen LogP contribution in [0.3, 0.4) is 0 Å². The molecule has 9 heteroatoms. The van der Waals surface area contributed by atoms with E-state index in [1.165, 1.54) is 11.6 Å². The molecule has 2 aliphatic rings. The van der Waals surface area contributed by atoms with E-state index < -0.39 is 0 Å². The lowest BCUT2D eigenvalue weighted by atomic mass is 9.98. The number of aromatic nitrogens is 4. The molecule has 3 unspecified atom stereocenters. The number of nitrogens with one attached hydrogen (secondary N) is 1. The first-order chi connectivity index (χ1) is 12.4. The molecular formula is C18H26ClN5O3. The number of rotatable bonds is 4. The van der Waals surface area contributed by atoms with E-state index in [-0.39, 0.29) is 23.7 Å². The van der Waals surface area contributed by atoms with Crippen LogP contribution in [0, 0.1) is 0 Å². The third-order valence-electron chi connectivity index (χ3n) is 6.34. The monoisotopic (exact) mass is 395 g/mol. The highest BCUT2D eigenvalue weighted by Gasteiger charge is 2.46. The largest absolute Gasteiger partial charge is 1.00 e. The van der Waals surface area contributed by atoms with E-state index in [9.17, 15) is 14.4 Å². The van der Waals surface area contributed by atoms with Crippen molar-refractivity contribution >= 4 is 16.9 Å². The summed E-state index contributed by atoms with van der Waals surface area (Å²) in [4.78, 5) is 42.2. The van der Waals surface area contributed by atoms with Crippen LogP contribution in [0.4, 0.5) is 0 Å². The number of halogens is 1. The molecule has 4 heterocycles. The molecule has 2 aliphatic heterocycles. The zero-order valence-electron chi connectivity index (χ0n) is 15.9. The van der Waals surface area contributed by atoms with Gasteiger partial charge in [0.25, 0.3) is 5.56 Å². The number of Topliss-reactive ketones (excluding diaryl/α,β-unsaturated/α-hetero) is 1. The van der Waals surface area contributed by atoms with Crippen molar-refractivity contribution in [1.82, 2.24) is 18.7 Å². The molecule has 2 saturated heterocycles. The van der Waals surface area contributed by atoms with Crippen molar-refractivity contribution < 1.29 is 22.1 Å². The van der Waals surface area contributed by atoms with Crippen LogP contribution in [0.1, 0.15) is 39.0 Å². The number of hydrogen-bond acceptors (Lipinski definition) is 4. The fourth-order valence-corrected chi connectivity index (χ4v) is 5.01. The Bertz CT molecular complexity index is 975. The Kier molecular flexibility index (Phi) is 5.31. The van der Waals surface area contributed by atoms with Gasteiger partial charge in [0.2, 0.25) is 0 Å². The number of fused-ring (bicyclic) bond motifs is 3. The SMILES string of the molecule is CC(CCn1cnc2c1c(=O)n(C)c(=O)n2C)[NH+]1C2CCC1CC(=O)C2.[Cl-]. The summed E-state index contributed by atoms with van der Waals surface area (Å²) in [5, 5.41) is 0. The van der Waals surface area contributed by atoms with Crippen molar-refractivity contribution in [3.05, 3.63) is 27.2 Å². The van der Waals surface area contributed by atoms with Crippen LogP contribution >= 0.6 is 0 Å². The van der Waals surface area contributed by atoms with Gasteiger partial charge in [-0.25, -0.2) is 9.78 Å². The fourth-order valence-electron chi connectivity index (χ4n) is 5.01. The van der Waals surface area contributed by atoms with E-state index >= 15 is 0 Å². The molecule has 0 radical (unpaired) electrons. The second kappa shape index (κ2) is 7.24. The van der Waals surface area contributed by atoms with Gasteiger partial charge >= 0.3 is 5.69 Å². The highest BCUT2D eigenvalue weighted by atomic mass is 35.5. The number of nitrogens with zero attached hydrogens (tertiary/aromatic N) is 4. The van der Waals surface area contributed by atoms with Crippen LogP contribution in [0.2, 0.25) is 0 Å². The zero-order chi connectivity index (χ0) is 18.6. The zero-order valence-corrected chi connectivity index (χ0v) is 16.7. The highest BCUT2D eigenvalue weighted by Crippen LogP contribution is 2.21. The predicted molar refractivity (Wildman–Crippen MR) is 96.3 cm³/mol. The molecule has 2 bridgehead atoms. The normalized spacial score (nSPS) is 25.6. The molecule has 2 aromatic heterocycles. The smallest absolute Gasteiger partial charge is 0.332 e. The Balaban J connectivity index is 0.00000210. The summed E-state index contributed by atoms with van der Waals surface area (Å²) in [6.45, 7) is 2.92. The van der Waals surface area contributed by atoms with Gasteiger partial charge in [0.1, 0.15) is 5.78 Å². The molecule has 0 saturated carbocycles. The molecule has 0 amide bonds. The lowest BCUT2D eigenvalue weighted by Gasteiger charge is -2.35. The molecule has 0 spiro atoms. The summed E-state index contributed by atoms with van der Waals surface area (Å²) in [7, 11) is 3.13. The number of carbonyl (C=O) groups is 1. The second-order valence-electron chi connectivity index (χ2n) is 7.92. The van der Waals surface area contributed by atoms with Crippen LogP contribution in [0.5, 0.6) is 0 Å². The maximum Gasteiger partial charge on any atom is 0.332 e. The summed E-state index contributed by atoms with van der Waals surface area (Å²) in [5.74, 6) is 0.415. The van der Waals surface area contributed by atoms with Gasteiger partial charge in [0, 0.05) is 39.9 Å². The maximum atomic E-state index is 12.5. The molecule has 0 aromatic carbocycles. The minimum Gasteiger partial charge on any atom is -1.00 e. The van der Waals surface area contributed by atoms with Crippen LogP contribution in [-0.2, 0) is 25.4 Å². The fraction of sp³-hybridized carbons (Fsp3) is 0.667. The first kappa shape index (κ1) is 19.8. The maximum absolute atomic E-state index is 12.5.